The lowest BCUT2D eigenvalue weighted by Gasteiger charge is -2.18. The van der Waals surface area contributed by atoms with Gasteiger partial charge in [0.25, 0.3) is 0 Å². The number of rotatable bonds is 4. The molecule has 0 aliphatic heterocycles. The summed E-state index contributed by atoms with van der Waals surface area (Å²) in [7, 11) is 1.61. The van der Waals surface area contributed by atoms with Gasteiger partial charge in [0, 0.05) is 5.56 Å². The Balaban J connectivity index is 1.96. The van der Waals surface area contributed by atoms with Crippen LogP contribution in [0.4, 0.5) is 5.82 Å². The van der Waals surface area contributed by atoms with Crippen LogP contribution in [0, 0.1) is 0 Å². The van der Waals surface area contributed by atoms with Crippen molar-refractivity contribution in [2.45, 2.75) is 31.8 Å². The van der Waals surface area contributed by atoms with Crippen molar-refractivity contribution in [1.82, 2.24) is 10.2 Å². The molecule has 0 amide bonds. The summed E-state index contributed by atoms with van der Waals surface area (Å²) in [6.07, 6.45) is 6.42. The first kappa shape index (κ1) is 14.1. The van der Waals surface area contributed by atoms with Gasteiger partial charge in [-0.3, -0.25) is 5.10 Å². The molecule has 112 valence electrons. The van der Waals surface area contributed by atoms with Gasteiger partial charge in [-0.1, -0.05) is 11.6 Å². The molecule has 0 spiro atoms. The summed E-state index contributed by atoms with van der Waals surface area (Å²) in [4.78, 5) is 0. The Kier molecular flexibility index (Phi) is 3.92. The van der Waals surface area contributed by atoms with Gasteiger partial charge < -0.3 is 15.2 Å². The Labute approximate surface area is 128 Å². The Hall–Kier alpha value is -1.88. The van der Waals surface area contributed by atoms with Crippen LogP contribution in [0.1, 0.15) is 25.7 Å². The fourth-order valence-corrected chi connectivity index (χ4v) is 2.94. The Morgan fingerprint density at radius 3 is 2.71 bits per heavy atom. The SMILES string of the molecule is COc1cc(-c2cn[nH]c2N)cc(Cl)c1OC1CCCC1. The standard InChI is InChI=1S/C15H18ClN3O2/c1-20-13-7-9(11-8-18-19-15(11)17)6-12(16)14(13)21-10-4-2-3-5-10/h6-8,10H,2-5H2,1H3,(H3,17,18,19). The summed E-state index contributed by atoms with van der Waals surface area (Å²) in [6, 6.07) is 3.70. The van der Waals surface area contributed by atoms with Crippen molar-refractivity contribution in [3.8, 4) is 22.6 Å². The van der Waals surface area contributed by atoms with E-state index in [2.05, 4.69) is 10.2 Å². The average molecular weight is 308 g/mol. The molecule has 2 aromatic rings. The largest absolute Gasteiger partial charge is 0.493 e. The van der Waals surface area contributed by atoms with E-state index in [4.69, 9.17) is 26.8 Å². The zero-order valence-corrected chi connectivity index (χ0v) is 12.6. The number of H-pyrrole nitrogens is 1. The van der Waals surface area contributed by atoms with Crippen LogP contribution in [0.5, 0.6) is 11.5 Å². The number of nitrogens with two attached hydrogens (primary N) is 1. The van der Waals surface area contributed by atoms with Crippen LogP contribution in [0.3, 0.4) is 0 Å². The smallest absolute Gasteiger partial charge is 0.180 e. The molecule has 1 aromatic carbocycles. The number of ether oxygens (including phenoxy) is 2. The van der Waals surface area contributed by atoms with Gasteiger partial charge in [0.1, 0.15) is 5.82 Å². The number of aromatic amines is 1. The second-order valence-corrected chi connectivity index (χ2v) is 5.62. The van der Waals surface area contributed by atoms with Gasteiger partial charge in [-0.15, -0.1) is 0 Å². The molecule has 0 unspecified atom stereocenters. The zero-order valence-electron chi connectivity index (χ0n) is 11.9. The number of halogens is 1. The minimum absolute atomic E-state index is 0.223. The number of methoxy groups -OCH3 is 1. The molecular formula is C15H18ClN3O2. The summed E-state index contributed by atoms with van der Waals surface area (Å²) >= 11 is 6.38. The molecule has 3 rings (SSSR count). The molecule has 0 atom stereocenters. The molecule has 21 heavy (non-hydrogen) atoms. The number of aromatic nitrogens is 2. The van der Waals surface area contributed by atoms with E-state index in [9.17, 15) is 0 Å². The lowest BCUT2D eigenvalue weighted by molar-refractivity contribution is 0.201. The highest BCUT2D eigenvalue weighted by Crippen LogP contribution is 2.42. The zero-order chi connectivity index (χ0) is 14.8. The summed E-state index contributed by atoms with van der Waals surface area (Å²) in [5, 5.41) is 7.16. The molecular weight excluding hydrogens is 290 g/mol. The molecule has 1 heterocycles. The van der Waals surface area contributed by atoms with Gasteiger partial charge in [0.05, 0.1) is 24.4 Å². The lowest BCUT2D eigenvalue weighted by Crippen LogP contribution is -2.12. The summed E-state index contributed by atoms with van der Waals surface area (Å²) < 4.78 is 11.5. The van der Waals surface area contributed by atoms with Crippen LogP contribution in [-0.2, 0) is 0 Å². The maximum absolute atomic E-state index is 6.38. The van der Waals surface area contributed by atoms with Crippen molar-refractivity contribution in [3.05, 3.63) is 23.4 Å². The van der Waals surface area contributed by atoms with E-state index in [1.165, 1.54) is 12.8 Å². The van der Waals surface area contributed by atoms with E-state index in [-0.39, 0.29) is 6.10 Å². The molecule has 1 aliphatic carbocycles. The molecule has 1 saturated carbocycles. The molecule has 1 aromatic heterocycles. The Bertz CT molecular complexity index is 636. The van der Waals surface area contributed by atoms with Gasteiger partial charge in [-0.25, -0.2) is 0 Å². The number of benzene rings is 1. The number of hydrogen-bond acceptors (Lipinski definition) is 4. The number of nitrogens with one attached hydrogen (secondary N) is 1. The molecule has 3 N–H and O–H groups in total. The molecule has 0 bridgehead atoms. The van der Waals surface area contributed by atoms with E-state index in [0.29, 0.717) is 22.3 Å². The summed E-state index contributed by atoms with van der Waals surface area (Å²) in [6.45, 7) is 0. The van der Waals surface area contributed by atoms with E-state index >= 15 is 0 Å². The maximum Gasteiger partial charge on any atom is 0.180 e. The third kappa shape index (κ3) is 2.78. The maximum atomic E-state index is 6.38. The van der Waals surface area contributed by atoms with Crippen molar-refractivity contribution >= 4 is 17.4 Å². The third-order valence-corrected chi connectivity index (χ3v) is 4.08. The van der Waals surface area contributed by atoms with Gasteiger partial charge in [0.2, 0.25) is 0 Å². The molecule has 5 nitrogen and oxygen atoms in total. The Morgan fingerprint density at radius 1 is 1.33 bits per heavy atom. The monoisotopic (exact) mass is 307 g/mol. The van der Waals surface area contributed by atoms with Gasteiger partial charge in [0.15, 0.2) is 11.5 Å². The molecule has 1 fully saturated rings. The van der Waals surface area contributed by atoms with E-state index in [0.717, 1.165) is 24.0 Å². The summed E-state index contributed by atoms with van der Waals surface area (Å²) in [5.74, 6) is 1.72. The predicted molar refractivity (Wildman–Crippen MR) is 82.9 cm³/mol. The van der Waals surface area contributed by atoms with E-state index in [1.54, 1.807) is 13.3 Å². The normalized spacial score (nSPS) is 15.3. The van der Waals surface area contributed by atoms with Gasteiger partial charge in [-0.05, 0) is 43.4 Å². The molecule has 6 heteroatoms. The highest BCUT2D eigenvalue weighted by molar-refractivity contribution is 6.32. The minimum atomic E-state index is 0.223. The first-order valence-electron chi connectivity index (χ1n) is 7.02. The van der Waals surface area contributed by atoms with Crippen molar-refractivity contribution in [2.75, 3.05) is 12.8 Å². The van der Waals surface area contributed by atoms with Crippen LogP contribution in [0.25, 0.3) is 11.1 Å². The number of hydrogen-bond donors (Lipinski definition) is 2. The molecule has 0 saturated heterocycles. The third-order valence-electron chi connectivity index (χ3n) is 3.80. The van der Waals surface area contributed by atoms with E-state index in [1.807, 2.05) is 12.1 Å². The van der Waals surface area contributed by atoms with Crippen molar-refractivity contribution < 1.29 is 9.47 Å². The second kappa shape index (κ2) is 5.85. The quantitative estimate of drug-likeness (QED) is 0.904. The van der Waals surface area contributed by atoms with Crippen LogP contribution in [-0.4, -0.2) is 23.4 Å². The Morgan fingerprint density at radius 2 is 2.10 bits per heavy atom. The number of nitrogen functional groups attached to an aromatic ring is 1. The fraction of sp³-hybridized carbons (Fsp3) is 0.400. The molecule has 1 aliphatic rings. The minimum Gasteiger partial charge on any atom is -0.493 e. The van der Waals surface area contributed by atoms with Gasteiger partial charge in [-0.2, -0.15) is 5.10 Å². The van der Waals surface area contributed by atoms with Crippen molar-refractivity contribution in [3.63, 3.8) is 0 Å². The summed E-state index contributed by atoms with van der Waals surface area (Å²) in [5.41, 5.74) is 7.49. The van der Waals surface area contributed by atoms with Crippen LogP contribution in [0.15, 0.2) is 18.3 Å². The average Bonchev–Trinajstić information content (AvgIpc) is 3.12. The lowest BCUT2D eigenvalue weighted by atomic mass is 10.1. The fourth-order valence-electron chi connectivity index (χ4n) is 2.69. The highest BCUT2D eigenvalue weighted by Gasteiger charge is 2.21. The predicted octanol–water partition coefficient (Wildman–Crippen LogP) is 3.64. The first-order valence-corrected chi connectivity index (χ1v) is 7.40. The van der Waals surface area contributed by atoms with Crippen LogP contribution in [0.2, 0.25) is 5.02 Å². The number of nitrogens with zero attached hydrogens (tertiary/aromatic N) is 1. The highest BCUT2D eigenvalue weighted by atomic mass is 35.5. The van der Waals surface area contributed by atoms with Crippen LogP contribution >= 0.6 is 11.6 Å². The van der Waals surface area contributed by atoms with Gasteiger partial charge >= 0.3 is 0 Å². The van der Waals surface area contributed by atoms with Crippen LogP contribution < -0.4 is 15.2 Å². The number of anilines is 1. The topological polar surface area (TPSA) is 73.2 Å². The molecule has 0 radical (unpaired) electrons. The van der Waals surface area contributed by atoms with E-state index < -0.39 is 0 Å². The van der Waals surface area contributed by atoms with Crippen molar-refractivity contribution in [2.24, 2.45) is 0 Å². The first-order chi connectivity index (χ1) is 10.2. The van der Waals surface area contributed by atoms with Crippen molar-refractivity contribution in [1.29, 1.82) is 0 Å². The second-order valence-electron chi connectivity index (χ2n) is 5.21.